The molecule has 0 saturated heterocycles. The van der Waals surface area contributed by atoms with Crippen molar-refractivity contribution in [1.82, 2.24) is 20.6 Å². The minimum absolute atomic E-state index is 0.225. The maximum absolute atomic E-state index is 12.2. The van der Waals surface area contributed by atoms with Crippen LogP contribution in [0.5, 0.6) is 0 Å². The molecule has 0 aliphatic carbocycles. The van der Waals surface area contributed by atoms with Crippen molar-refractivity contribution in [2.24, 2.45) is 0 Å². The number of aromatic nitrogens is 2. The number of hydrogen-bond acceptors (Lipinski definition) is 4. The fraction of sp³-hybridized carbons (Fsp3) is 0.227. The molecule has 0 saturated carbocycles. The van der Waals surface area contributed by atoms with Crippen LogP contribution < -0.4 is 10.9 Å². The molecule has 0 spiro atoms. The Hall–Kier alpha value is -2.77. The Balaban J connectivity index is 1.43. The van der Waals surface area contributed by atoms with E-state index in [1.165, 1.54) is 0 Å². The van der Waals surface area contributed by atoms with E-state index in [9.17, 15) is 9.59 Å². The van der Waals surface area contributed by atoms with Crippen LogP contribution in [0.2, 0.25) is 5.02 Å². The molecule has 0 atom stereocenters. The summed E-state index contributed by atoms with van der Waals surface area (Å²) in [6, 6.07) is 16.9. The quantitative estimate of drug-likeness (QED) is 0.422. The summed E-state index contributed by atoms with van der Waals surface area (Å²) in [7, 11) is 0. The van der Waals surface area contributed by atoms with Crippen molar-refractivity contribution in [2.45, 2.75) is 37.5 Å². The van der Waals surface area contributed by atoms with Crippen molar-refractivity contribution in [3.05, 3.63) is 82.1 Å². The van der Waals surface area contributed by atoms with E-state index in [0.717, 1.165) is 27.6 Å². The predicted molar refractivity (Wildman–Crippen MR) is 119 cm³/mol. The van der Waals surface area contributed by atoms with E-state index in [0.29, 0.717) is 17.1 Å². The Bertz CT molecular complexity index is 1020. The number of nitrogens with one attached hydrogen (secondary N) is 2. The minimum atomic E-state index is -0.355. The lowest BCUT2D eigenvalue weighted by molar-refractivity contribution is -0.122. The van der Waals surface area contributed by atoms with Gasteiger partial charge in [0, 0.05) is 33.3 Å². The van der Waals surface area contributed by atoms with E-state index in [2.05, 4.69) is 16.0 Å². The average molecular weight is 443 g/mol. The van der Waals surface area contributed by atoms with Crippen molar-refractivity contribution in [1.29, 1.82) is 0 Å². The highest BCUT2D eigenvalue weighted by Crippen LogP contribution is 2.24. The molecule has 30 heavy (non-hydrogen) atoms. The number of rotatable bonds is 7. The number of carbonyl (C=O) groups excluding carboxylic acids is 2. The molecular formula is C22H23ClN4O2S. The molecular weight excluding hydrogens is 420 g/mol. The molecule has 2 aromatic carbocycles. The van der Waals surface area contributed by atoms with E-state index in [1.54, 1.807) is 28.6 Å². The minimum Gasteiger partial charge on any atom is -0.273 e. The van der Waals surface area contributed by atoms with Gasteiger partial charge >= 0.3 is 0 Å². The van der Waals surface area contributed by atoms with Gasteiger partial charge < -0.3 is 0 Å². The molecule has 3 aromatic rings. The first-order valence-corrected chi connectivity index (χ1v) is 10.8. The zero-order chi connectivity index (χ0) is 21.5. The summed E-state index contributed by atoms with van der Waals surface area (Å²) >= 11 is 7.59. The van der Waals surface area contributed by atoms with Gasteiger partial charge in [-0.15, -0.1) is 11.8 Å². The first kappa shape index (κ1) is 21.9. The third-order valence-corrected chi connectivity index (χ3v) is 5.74. The van der Waals surface area contributed by atoms with Crippen LogP contribution in [-0.4, -0.2) is 21.6 Å². The number of carbonyl (C=O) groups is 2. The SMILES string of the molecule is Cc1cc(C)n(CCC(=O)NNC(=O)c2ccc(CSc3ccc(Cl)cc3)cc2)n1. The van der Waals surface area contributed by atoms with Crippen molar-refractivity contribution >= 4 is 35.2 Å². The fourth-order valence-electron chi connectivity index (χ4n) is 2.82. The number of nitrogens with zero attached hydrogens (tertiary/aromatic N) is 2. The molecule has 6 nitrogen and oxygen atoms in total. The molecule has 2 N–H and O–H groups in total. The van der Waals surface area contributed by atoms with Gasteiger partial charge in [0.05, 0.1) is 12.2 Å². The highest BCUT2D eigenvalue weighted by atomic mass is 35.5. The van der Waals surface area contributed by atoms with Gasteiger partial charge in [0.2, 0.25) is 5.91 Å². The molecule has 2 amide bonds. The van der Waals surface area contributed by atoms with Crippen LogP contribution in [0, 0.1) is 13.8 Å². The zero-order valence-corrected chi connectivity index (χ0v) is 18.4. The Kier molecular flexibility index (Phi) is 7.54. The molecule has 0 bridgehead atoms. The highest BCUT2D eigenvalue weighted by molar-refractivity contribution is 7.98. The van der Waals surface area contributed by atoms with E-state index < -0.39 is 0 Å². The van der Waals surface area contributed by atoms with Crippen LogP contribution in [0.3, 0.4) is 0 Å². The second-order valence-electron chi connectivity index (χ2n) is 6.84. The van der Waals surface area contributed by atoms with Crippen LogP contribution in [0.4, 0.5) is 0 Å². The largest absolute Gasteiger partial charge is 0.273 e. The van der Waals surface area contributed by atoms with E-state index in [-0.39, 0.29) is 18.2 Å². The van der Waals surface area contributed by atoms with Gasteiger partial charge in [-0.2, -0.15) is 5.10 Å². The lowest BCUT2D eigenvalue weighted by Crippen LogP contribution is -2.41. The van der Waals surface area contributed by atoms with Gasteiger partial charge in [0.25, 0.3) is 5.91 Å². The van der Waals surface area contributed by atoms with E-state index >= 15 is 0 Å². The first-order valence-electron chi connectivity index (χ1n) is 9.48. The smallest absolute Gasteiger partial charge is 0.269 e. The van der Waals surface area contributed by atoms with Crippen molar-refractivity contribution in [2.75, 3.05) is 0 Å². The number of hydrazine groups is 1. The Morgan fingerprint density at radius 1 is 1.03 bits per heavy atom. The number of benzene rings is 2. The summed E-state index contributed by atoms with van der Waals surface area (Å²) in [6.07, 6.45) is 0.225. The topological polar surface area (TPSA) is 76.0 Å². The Morgan fingerprint density at radius 3 is 2.37 bits per heavy atom. The van der Waals surface area contributed by atoms with Gasteiger partial charge in [-0.3, -0.25) is 25.1 Å². The second kappa shape index (κ2) is 10.3. The lowest BCUT2D eigenvalue weighted by Gasteiger charge is -2.09. The summed E-state index contributed by atoms with van der Waals surface area (Å²) < 4.78 is 1.78. The van der Waals surface area contributed by atoms with Gasteiger partial charge in [-0.25, -0.2) is 0 Å². The maximum atomic E-state index is 12.2. The van der Waals surface area contributed by atoms with Crippen LogP contribution >= 0.6 is 23.4 Å². The first-order chi connectivity index (χ1) is 14.4. The molecule has 8 heteroatoms. The van der Waals surface area contributed by atoms with E-state index in [4.69, 9.17) is 11.6 Å². The van der Waals surface area contributed by atoms with Gasteiger partial charge in [0.1, 0.15) is 0 Å². The van der Waals surface area contributed by atoms with Gasteiger partial charge in [-0.05, 0) is 61.9 Å². The fourth-order valence-corrected chi connectivity index (χ4v) is 3.80. The molecule has 156 valence electrons. The molecule has 0 unspecified atom stereocenters. The third kappa shape index (κ3) is 6.37. The Labute approximate surface area is 185 Å². The second-order valence-corrected chi connectivity index (χ2v) is 8.33. The van der Waals surface area contributed by atoms with Crippen molar-refractivity contribution in [3.63, 3.8) is 0 Å². The number of amides is 2. The molecule has 1 aromatic heterocycles. The number of halogens is 1. The predicted octanol–water partition coefficient (Wildman–Crippen LogP) is 4.30. The molecule has 0 fully saturated rings. The van der Waals surface area contributed by atoms with Crippen LogP contribution in [0.15, 0.2) is 59.5 Å². The zero-order valence-electron chi connectivity index (χ0n) is 16.8. The molecule has 0 aliphatic rings. The monoisotopic (exact) mass is 442 g/mol. The standard InChI is InChI=1S/C22H23ClN4O2S/c1-15-13-16(2)27(26-15)12-11-21(28)24-25-22(29)18-5-3-17(4-6-18)14-30-20-9-7-19(23)8-10-20/h3-10,13H,11-12,14H2,1-2H3,(H,24,28)(H,25,29). The lowest BCUT2D eigenvalue weighted by atomic mass is 10.1. The van der Waals surface area contributed by atoms with Gasteiger partial charge in [-0.1, -0.05) is 23.7 Å². The number of thioether (sulfide) groups is 1. The summed E-state index contributed by atoms with van der Waals surface area (Å²) in [5.41, 5.74) is 8.39. The summed E-state index contributed by atoms with van der Waals surface area (Å²) in [5.74, 6) is 0.158. The van der Waals surface area contributed by atoms with Gasteiger partial charge in [0.15, 0.2) is 0 Å². The summed E-state index contributed by atoms with van der Waals surface area (Å²) in [5, 5.41) is 5.03. The molecule has 3 rings (SSSR count). The van der Waals surface area contributed by atoms with E-state index in [1.807, 2.05) is 56.3 Å². The number of hydrogen-bond donors (Lipinski definition) is 2. The van der Waals surface area contributed by atoms with Crippen LogP contribution in [0.25, 0.3) is 0 Å². The number of aryl methyl sites for hydroxylation is 3. The van der Waals surface area contributed by atoms with Crippen molar-refractivity contribution < 1.29 is 9.59 Å². The van der Waals surface area contributed by atoms with Crippen LogP contribution in [-0.2, 0) is 17.1 Å². The normalized spacial score (nSPS) is 10.6. The summed E-state index contributed by atoms with van der Waals surface area (Å²) in [4.78, 5) is 25.4. The highest BCUT2D eigenvalue weighted by Gasteiger charge is 2.09. The molecule has 0 aliphatic heterocycles. The molecule has 1 heterocycles. The Morgan fingerprint density at radius 2 is 1.73 bits per heavy atom. The molecule has 0 radical (unpaired) electrons. The summed E-state index contributed by atoms with van der Waals surface area (Å²) in [6.45, 7) is 4.31. The maximum Gasteiger partial charge on any atom is 0.269 e. The van der Waals surface area contributed by atoms with Crippen LogP contribution in [0.1, 0.15) is 33.7 Å². The van der Waals surface area contributed by atoms with Crippen molar-refractivity contribution in [3.8, 4) is 0 Å². The average Bonchev–Trinajstić information content (AvgIpc) is 3.07. The third-order valence-electron chi connectivity index (χ3n) is 4.40.